The standard InChI is InChI=1S/C10H10F2OS/c11-8-5-7(6-9(12)10(8)13)14-3-1-2-4-14/h5-6H,1-4H2/p+1. The Morgan fingerprint density at radius 1 is 1.07 bits per heavy atom. The minimum atomic E-state index is -0.864. The van der Waals surface area contributed by atoms with E-state index in [1.54, 1.807) is 0 Å². The van der Waals surface area contributed by atoms with Gasteiger partial charge in [0.25, 0.3) is 0 Å². The maximum Gasteiger partial charge on any atom is 0.188 e. The summed E-state index contributed by atoms with van der Waals surface area (Å²) >= 11 is 0. The van der Waals surface area contributed by atoms with Gasteiger partial charge in [-0.3, -0.25) is 0 Å². The van der Waals surface area contributed by atoms with Crippen LogP contribution >= 0.6 is 0 Å². The lowest BCUT2D eigenvalue weighted by Gasteiger charge is -2.02. The number of hydrogen-bond acceptors (Lipinski definition) is 1. The highest BCUT2D eigenvalue weighted by molar-refractivity contribution is 7.97. The van der Waals surface area contributed by atoms with Crippen molar-refractivity contribution in [1.29, 1.82) is 0 Å². The first kappa shape index (κ1) is 9.77. The Balaban J connectivity index is 2.34. The molecule has 4 heteroatoms. The molecule has 0 atom stereocenters. The molecule has 0 amide bonds. The molecule has 0 spiro atoms. The Kier molecular flexibility index (Phi) is 2.63. The van der Waals surface area contributed by atoms with Gasteiger partial charge in [0.2, 0.25) is 0 Å². The molecule has 0 aromatic heterocycles. The van der Waals surface area contributed by atoms with Crippen LogP contribution in [0.4, 0.5) is 8.78 Å². The average molecular weight is 217 g/mol. The van der Waals surface area contributed by atoms with Crippen molar-refractivity contribution >= 4 is 10.9 Å². The topological polar surface area (TPSA) is 20.2 Å². The molecule has 0 radical (unpaired) electrons. The van der Waals surface area contributed by atoms with Crippen molar-refractivity contribution in [1.82, 2.24) is 0 Å². The fraction of sp³-hybridized carbons (Fsp3) is 0.400. The first-order valence-corrected chi connectivity index (χ1v) is 6.10. The van der Waals surface area contributed by atoms with Crippen LogP contribution in [-0.2, 0) is 10.9 Å². The molecule has 1 aliphatic rings. The van der Waals surface area contributed by atoms with Crippen molar-refractivity contribution in [3.05, 3.63) is 23.8 Å². The van der Waals surface area contributed by atoms with Crippen LogP contribution in [0.2, 0.25) is 0 Å². The normalized spacial score (nSPS) is 17.6. The van der Waals surface area contributed by atoms with E-state index in [0.717, 1.165) is 24.3 Å². The largest absolute Gasteiger partial charge is 0.503 e. The highest BCUT2D eigenvalue weighted by Gasteiger charge is 2.28. The minimum Gasteiger partial charge on any atom is -0.503 e. The summed E-state index contributed by atoms with van der Waals surface area (Å²) in [4.78, 5) is 0.704. The molecular formula is C10H11F2OS+. The van der Waals surface area contributed by atoms with Crippen LogP contribution in [0.3, 0.4) is 0 Å². The van der Waals surface area contributed by atoms with Crippen molar-refractivity contribution in [3.8, 4) is 5.75 Å². The molecule has 1 nitrogen and oxygen atoms in total. The van der Waals surface area contributed by atoms with Gasteiger partial charge in [0.05, 0.1) is 0 Å². The van der Waals surface area contributed by atoms with Crippen molar-refractivity contribution in [2.45, 2.75) is 17.7 Å². The van der Waals surface area contributed by atoms with E-state index in [0.29, 0.717) is 4.90 Å². The number of aromatic hydroxyl groups is 1. The Labute approximate surface area is 84.1 Å². The molecule has 1 heterocycles. The summed E-state index contributed by atoms with van der Waals surface area (Å²) in [7, 11) is -0.0106. The summed E-state index contributed by atoms with van der Waals surface area (Å²) < 4.78 is 26.0. The molecule has 1 saturated heterocycles. The molecule has 2 rings (SSSR count). The number of rotatable bonds is 1. The third-order valence-corrected chi connectivity index (χ3v) is 4.82. The number of benzene rings is 1. The van der Waals surface area contributed by atoms with Gasteiger partial charge in [-0.2, -0.15) is 0 Å². The molecule has 1 N–H and O–H groups in total. The Bertz CT molecular complexity index is 325. The fourth-order valence-electron chi connectivity index (χ4n) is 1.60. The quantitative estimate of drug-likeness (QED) is 0.716. The smallest absolute Gasteiger partial charge is 0.188 e. The number of halogens is 2. The van der Waals surface area contributed by atoms with Gasteiger partial charge in [-0.05, 0) is 12.8 Å². The van der Waals surface area contributed by atoms with Crippen molar-refractivity contribution in [2.75, 3.05) is 11.5 Å². The summed E-state index contributed by atoms with van der Waals surface area (Å²) in [5.74, 6) is -0.525. The zero-order valence-electron chi connectivity index (χ0n) is 7.59. The first-order valence-electron chi connectivity index (χ1n) is 4.54. The summed E-state index contributed by atoms with van der Waals surface area (Å²) in [6, 6.07) is 2.51. The highest BCUT2D eigenvalue weighted by Crippen LogP contribution is 2.28. The fourth-order valence-corrected chi connectivity index (χ4v) is 3.92. The summed E-state index contributed by atoms with van der Waals surface area (Å²) in [6.45, 7) is 0. The van der Waals surface area contributed by atoms with Crippen LogP contribution in [0.25, 0.3) is 0 Å². The third kappa shape index (κ3) is 1.71. The van der Waals surface area contributed by atoms with Gasteiger partial charge in [0, 0.05) is 23.0 Å². The number of hydrogen-bond donors (Lipinski definition) is 1. The zero-order valence-corrected chi connectivity index (χ0v) is 8.41. The molecule has 0 aliphatic carbocycles. The van der Waals surface area contributed by atoms with Gasteiger partial charge in [-0.1, -0.05) is 0 Å². The van der Waals surface area contributed by atoms with E-state index in [1.807, 2.05) is 0 Å². The Morgan fingerprint density at radius 3 is 2.07 bits per heavy atom. The monoisotopic (exact) mass is 217 g/mol. The van der Waals surface area contributed by atoms with Crippen LogP contribution in [0.5, 0.6) is 5.75 Å². The predicted molar refractivity (Wildman–Crippen MR) is 52.6 cm³/mol. The molecule has 14 heavy (non-hydrogen) atoms. The first-order chi connectivity index (χ1) is 6.68. The maximum absolute atomic E-state index is 13.0. The van der Waals surface area contributed by atoms with Gasteiger partial charge >= 0.3 is 0 Å². The van der Waals surface area contributed by atoms with Crippen LogP contribution in [0.15, 0.2) is 17.0 Å². The molecule has 1 fully saturated rings. The molecule has 0 bridgehead atoms. The molecule has 1 aliphatic heterocycles. The van der Waals surface area contributed by atoms with Crippen LogP contribution < -0.4 is 0 Å². The van der Waals surface area contributed by atoms with Gasteiger partial charge < -0.3 is 5.11 Å². The van der Waals surface area contributed by atoms with E-state index in [-0.39, 0.29) is 10.9 Å². The molecule has 0 unspecified atom stereocenters. The van der Waals surface area contributed by atoms with Gasteiger partial charge in [-0.25, -0.2) is 8.78 Å². The second kappa shape index (κ2) is 3.77. The maximum atomic E-state index is 13.0. The summed E-state index contributed by atoms with van der Waals surface area (Å²) in [6.07, 6.45) is 2.26. The lowest BCUT2D eigenvalue weighted by molar-refractivity contribution is 0.394. The second-order valence-corrected chi connectivity index (χ2v) is 5.62. The van der Waals surface area contributed by atoms with Crippen LogP contribution in [0, 0.1) is 11.6 Å². The average Bonchev–Trinajstić information content (AvgIpc) is 2.66. The molecular weight excluding hydrogens is 206 g/mol. The molecule has 76 valence electrons. The van der Waals surface area contributed by atoms with E-state index in [9.17, 15) is 8.78 Å². The highest BCUT2D eigenvalue weighted by atomic mass is 32.2. The second-order valence-electron chi connectivity index (χ2n) is 3.34. The Morgan fingerprint density at radius 2 is 1.57 bits per heavy atom. The SMILES string of the molecule is Oc1c(F)cc([S+]2CCCC2)cc1F. The molecule has 0 saturated carbocycles. The van der Waals surface area contributed by atoms with E-state index in [2.05, 4.69) is 0 Å². The predicted octanol–water partition coefficient (Wildman–Crippen LogP) is 2.44. The van der Waals surface area contributed by atoms with Crippen molar-refractivity contribution in [2.24, 2.45) is 0 Å². The van der Waals surface area contributed by atoms with Crippen molar-refractivity contribution < 1.29 is 13.9 Å². The zero-order chi connectivity index (χ0) is 10.1. The Hall–Kier alpha value is -0.770. The number of phenols is 1. The molecule has 1 aromatic rings. The summed E-state index contributed by atoms with van der Waals surface area (Å²) in [5, 5.41) is 8.93. The van der Waals surface area contributed by atoms with Crippen LogP contribution in [-0.4, -0.2) is 16.6 Å². The number of phenolic OH excluding ortho intramolecular Hbond substituents is 1. The van der Waals surface area contributed by atoms with E-state index < -0.39 is 17.4 Å². The van der Waals surface area contributed by atoms with E-state index in [1.165, 1.54) is 12.1 Å². The minimum absolute atomic E-state index is 0.0106. The third-order valence-electron chi connectivity index (χ3n) is 2.36. The van der Waals surface area contributed by atoms with Gasteiger partial charge in [0.15, 0.2) is 22.3 Å². The summed E-state index contributed by atoms with van der Waals surface area (Å²) in [5.41, 5.74) is 0. The van der Waals surface area contributed by atoms with Crippen molar-refractivity contribution in [3.63, 3.8) is 0 Å². The van der Waals surface area contributed by atoms with Gasteiger partial charge in [-0.15, -0.1) is 0 Å². The van der Waals surface area contributed by atoms with E-state index in [4.69, 9.17) is 5.11 Å². The van der Waals surface area contributed by atoms with E-state index >= 15 is 0 Å². The lowest BCUT2D eigenvalue weighted by atomic mass is 10.3. The lowest BCUT2D eigenvalue weighted by Crippen LogP contribution is -2.04. The van der Waals surface area contributed by atoms with Gasteiger partial charge in [0.1, 0.15) is 11.5 Å². The molecule has 1 aromatic carbocycles. The van der Waals surface area contributed by atoms with Crippen LogP contribution in [0.1, 0.15) is 12.8 Å².